The van der Waals surface area contributed by atoms with Crippen LogP contribution in [-0.4, -0.2) is 51.2 Å². The van der Waals surface area contributed by atoms with Gasteiger partial charge in [-0.3, -0.25) is 4.79 Å². The molecule has 1 amide bonds. The van der Waals surface area contributed by atoms with E-state index in [1.807, 2.05) is 6.92 Å². The lowest BCUT2D eigenvalue weighted by atomic mass is 10.2. The minimum absolute atomic E-state index is 0.0211. The number of hydrogen-bond acceptors (Lipinski definition) is 4. The highest BCUT2D eigenvalue weighted by molar-refractivity contribution is 7.91. The summed E-state index contributed by atoms with van der Waals surface area (Å²) < 4.78 is 37.8. The van der Waals surface area contributed by atoms with Crippen molar-refractivity contribution in [2.45, 2.75) is 18.2 Å². The van der Waals surface area contributed by atoms with Gasteiger partial charge in [-0.05, 0) is 43.3 Å². The average molecular weight is 390 g/mol. The standard InChI is InChI=1S/C20H23FN2O3S/c1-16-2-8-19(9-3-16)27(25,26)15-10-20(24)23-13-11-22(12-14-23)18-6-4-17(21)5-7-18/h2-9H,10-15H2,1H3. The molecule has 1 saturated heterocycles. The van der Waals surface area contributed by atoms with Crippen LogP contribution in [0.3, 0.4) is 0 Å². The van der Waals surface area contributed by atoms with E-state index in [4.69, 9.17) is 0 Å². The SMILES string of the molecule is Cc1ccc(S(=O)(=O)CCC(=O)N2CCN(c3ccc(F)cc3)CC2)cc1. The number of carbonyl (C=O) groups excluding carboxylic acids is 1. The third-order valence-corrected chi connectivity index (χ3v) is 6.52. The fourth-order valence-electron chi connectivity index (χ4n) is 3.11. The van der Waals surface area contributed by atoms with Gasteiger partial charge in [0.2, 0.25) is 5.91 Å². The number of hydrogen-bond donors (Lipinski definition) is 0. The van der Waals surface area contributed by atoms with E-state index in [1.54, 1.807) is 41.3 Å². The molecule has 7 heteroatoms. The van der Waals surface area contributed by atoms with Crippen molar-refractivity contribution in [3.63, 3.8) is 0 Å². The Labute approximate surface area is 159 Å². The Kier molecular flexibility index (Phi) is 5.79. The maximum atomic E-state index is 13.0. The van der Waals surface area contributed by atoms with Crippen LogP contribution in [0.2, 0.25) is 0 Å². The molecule has 0 spiro atoms. The zero-order valence-corrected chi connectivity index (χ0v) is 16.1. The summed E-state index contributed by atoms with van der Waals surface area (Å²) in [5.41, 5.74) is 1.91. The Morgan fingerprint density at radius 3 is 2.15 bits per heavy atom. The lowest BCUT2D eigenvalue weighted by Gasteiger charge is -2.36. The minimum Gasteiger partial charge on any atom is -0.368 e. The van der Waals surface area contributed by atoms with Gasteiger partial charge in [0.15, 0.2) is 9.84 Å². The fourth-order valence-corrected chi connectivity index (χ4v) is 4.34. The van der Waals surface area contributed by atoms with Crippen LogP contribution in [0.5, 0.6) is 0 Å². The highest BCUT2D eigenvalue weighted by Crippen LogP contribution is 2.18. The summed E-state index contributed by atoms with van der Waals surface area (Å²) in [4.78, 5) is 16.5. The molecular weight excluding hydrogens is 367 g/mol. The van der Waals surface area contributed by atoms with Crippen LogP contribution < -0.4 is 4.90 Å². The van der Waals surface area contributed by atoms with Crippen LogP contribution in [0.4, 0.5) is 10.1 Å². The summed E-state index contributed by atoms with van der Waals surface area (Å²) in [7, 11) is -3.46. The number of rotatable bonds is 5. The predicted octanol–water partition coefficient (Wildman–Crippen LogP) is 2.65. The Balaban J connectivity index is 1.52. The highest BCUT2D eigenvalue weighted by atomic mass is 32.2. The smallest absolute Gasteiger partial charge is 0.223 e. The molecule has 0 radical (unpaired) electrons. The summed E-state index contributed by atoms with van der Waals surface area (Å²) in [5, 5.41) is 0. The van der Waals surface area contributed by atoms with E-state index in [0.29, 0.717) is 26.2 Å². The van der Waals surface area contributed by atoms with Gasteiger partial charge in [-0.1, -0.05) is 17.7 Å². The van der Waals surface area contributed by atoms with E-state index in [-0.39, 0.29) is 28.8 Å². The zero-order chi connectivity index (χ0) is 19.4. The molecule has 0 aliphatic carbocycles. The van der Waals surface area contributed by atoms with Crippen molar-refractivity contribution in [2.75, 3.05) is 36.8 Å². The number of carbonyl (C=O) groups is 1. The first-order chi connectivity index (χ1) is 12.8. The van der Waals surface area contributed by atoms with Crippen molar-refractivity contribution in [1.82, 2.24) is 4.90 Å². The Hall–Kier alpha value is -2.41. The fraction of sp³-hybridized carbons (Fsp3) is 0.350. The molecule has 0 aromatic heterocycles. The molecule has 0 N–H and O–H groups in total. The van der Waals surface area contributed by atoms with Gasteiger partial charge in [0.25, 0.3) is 0 Å². The van der Waals surface area contributed by atoms with Crippen molar-refractivity contribution in [2.24, 2.45) is 0 Å². The molecule has 0 unspecified atom stereocenters. The minimum atomic E-state index is -3.46. The van der Waals surface area contributed by atoms with Crippen molar-refractivity contribution >= 4 is 21.4 Å². The van der Waals surface area contributed by atoms with E-state index in [0.717, 1.165) is 11.3 Å². The Bertz CT molecular complexity index is 888. The van der Waals surface area contributed by atoms with E-state index in [1.165, 1.54) is 12.1 Å². The largest absolute Gasteiger partial charge is 0.368 e. The molecule has 0 saturated carbocycles. The van der Waals surface area contributed by atoms with Crippen LogP contribution in [0, 0.1) is 12.7 Å². The molecule has 0 bridgehead atoms. The van der Waals surface area contributed by atoms with Gasteiger partial charge in [0.05, 0.1) is 10.6 Å². The normalized spacial score (nSPS) is 15.0. The molecule has 5 nitrogen and oxygen atoms in total. The van der Waals surface area contributed by atoms with Crippen molar-refractivity contribution in [3.8, 4) is 0 Å². The molecule has 1 aliphatic rings. The maximum Gasteiger partial charge on any atom is 0.223 e. The maximum absolute atomic E-state index is 13.0. The number of amides is 1. The Morgan fingerprint density at radius 1 is 0.963 bits per heavy atom. The number of anilines is 1. The van der Waals surface area contributed by atoms with Crippen LogP contribution in [0.15, 0.2) is 53.4 Å². The number of nitrogens with zero attached hydrogens (tertiary/aromatic N) is 2. The van der Waals surface area contributed by atoms with Crippen LogP contribution >= 0.6 is 0 Å². The molecule has 144 valence electrons. The number of piperazine rings is 1. The number of aryl methyl sites for hydroxylation is 1. The molecule has 1 aliphatic heterocycles. The number of sulfone groups is 1. The second-order valence-corrected chi connectivity index (χ2v) is 8.84. The third kappa shape index (κ3) is 4.86. The molecule has 1 fully saturated rings. The van der Waals surface area contributed by atoms with Gasteiger partial charge < -0.3 is 9.80 Å². The second kappa shape index (κ2) is 8.08. The summed E-state index contributed by atoms with van der Waals surface area (Å²) in [6.07, 6.45) is -0.0211. The summed E-state index contributed by atoms with van der Waals surface area (Å²) >= 11 is 0. The molecule has 1 heterocycles. The molecule has 0 atom stereocenters. The third-order valence-electron chi connectivity index (χ3n) is 4.79. The summed E-state index contributed by atoms with van der Waals surface area (Å²) in [6.45, 7) is 4.23. The Morgan fingerprint density at radius 2 is 1.56 bits per heavy atom. The van der Waals surface area contributed by atoms with Crippen molar-refractivity contribution in [1.29, 1.82) is 0 Å². The molecular formula is C20H23FN2O3S. The topological polar surface area (TPSA) is 57.7 Å². The molecule has 2 aromatic carbocycles. The van der Waals surface area contributed by atoms with Gasteiger partial charge in [0, 0.05) is 38.3 Å². The van der Waals surface area contributed by atoms with Crippen molar-refractivity contribution in [3.05, 3.63) is 59.9 Å². The first kappa shape index (κ1) is 19.4. The van der Waals surface area contributed by atoms with Gasteiger partial charge >= 0.3 is 0 Å². The summed E-state index contributed by atoms with van der Waals surface area (Å²) in [5.74, 6) is -0.612. The van der Waals surface area contributed by atoms with E-state index >= 15 is 0 Å². The van der Waals surface area contributed by atoms with E-state index < -0.39 is 9.84 Å². The first-order valence-corrected chi connectivity index (χ1v) is 10.6. The van der Waals surface area contributed by atoms with E-state index in [2.05, 4.69) is 4.90 Å². The van der Waals surface area contributed by atoms with Crippen LogP contribution in [0.25, 0.3) is 0 Å². The van der Waals surface area contributed by atoms with Gasteiger partial charge in [-0.25, -0.2) is 12.8 Å². The highest BCUT2D eigenvalue weighted by Gasteiger charge is 2.23. The zero-order valence-electron chi connectivity index (χ0n) is 15.3. The molecule has 3 rings (SSSR count). The van der Waals surface area contributed by atoms with Crippen LogP contribution in [-0.2, 0) is 14.6 Å². The monoisotopic (exact) mass is 390 g/mol. The van der Waals surface area contributed by atoms with E-state index in [9.17, 15) is 17.6 Å². The number of benzene rings is 2. The van der Waals surface area contributed by atoms with Gasteiger partial charge in [0.1, 0.15) is 5.82 Å². The van der Waals surface area contributed by atoms with Gasteiger partial charge in [-0.15, -0.1) is 0 Å². The molecule has 2 aromatic rings. The quantitative estimate of drug-likeness (QED) is 0.788. The predicted molar refractivity (Wildman–Crippen MR) is 103 cm³/mol. The first-order valence-electron chi connectivity index (χ1n) is 8.93. The lowest BCUT2D eigenvalue weighted by Crippen LogP contribution is -2.49. The average Bonchev–Trinajstić information content (AvgIpc) is 2.67. The van der Waals surface area contributed by atoms with Gasteiger partial charge in [-0.2, -0.15) is 0 Å². The molecule has 27 heavy (non-hydrogen) atoms. The van der Waals surface area contributed by atoms with Crippen molar-refractivity contribution < 1.29 is 17.6 Å². The lowest BCUT2D eigenvalue weighted by molar-refractivity contribution is -0.131. The summed E-state index contributed by atoms with van der Waals surface area (Å²) in [6, 6.07) is 13.0. The van der Waals surface area contributed by atoms with Crippen LogP contribution in [0.1, 0.15) is 12.0 Å². The second-order valence-electron chi connectivity index (χ2n) is 6.73. The number of halogens is 1.